The number of aliphatic carboxylic acids is 1. The van der Waals surface area contributed by atoms with Crippen LogP contribution in [0.5, 0.6) is 5.88 Å². The molecular formula is C23H22Cl2N4O7S. The van der Waals surface area contributed by atoms with Crippen LogP contribution in [0.4, 0.5) is 5.69 Å². The van der Waals surface area contributed by atoms with E-state index >= 15 is 0 Å². The van der Waals surface area contributed by atoms with E-state index in [1.165, 1.54) is 18.2 Å². The van der Waals surface area contributed by atoms with Gasteiger partial charge in [0.05, 0.1) is 17.8 Å². The van der Waals surface area contributed by atoms with Gasteiger partial charge in [0, 0.05) is 34.1 Å². The Bertz CT molecular complexity index is 1470. The molecule has 11 nitrogen and oxygen atoms in total. The fourth-order valence-corrected chi connectivity index (χ4v) is 6.25. The second-order valence-electron chi connectivity index (χ2n) is 8.14. The van der Waals surface area contributed by atoms with Crippen molar-refractivity contribution in [1.82, 2.24) is 14.8 Å². The van der Waals surface area contributed by atoms with Crippen LogP contribution in [-0.2, 0) is 14.8 Å². The third-order valence-electron chi connectivity index (χ3n) is 5.47. The monoisotopic (exact) mass is 568 g/mol. The van der Waals surface area contributed by atoms with Crippen LogP contribution in [0, 0.1) is 0 Å². The number of aliphatic hydroxyl groups excluding tert-OH is 2. The number of hydrogen-bond donors (Lipinski definition) is 3. The number of fused-ring (bicyclic) bond motifs is 1. The Labute approximate surface area is 221 Å². The van der Waals surface area contributed by atoms with E-state index in [-0.39, 0.29) is 34.7 Å². The first-order chi connectivity index (χ1) is 17.6. The summed E-state index contributed by atoms with van der Waals surface area (Å²) in [4.78, 5) is 11.6. The summed E-state index contributed by atoms with van der Waals surface area (Å²) < 4.78 is 34.7. The molecule has 1 aliphatic rings. The van der Waals surface area contributed by atoms with Crippen LogP contribution in [0.3, 0.4) is 0 Å². The predicted octanol–water partition coefficient (Wildman–Crippen LogP) is 2.39. The molecule has 0 aliphatic heterocycles. The Hall–Kier alpha value is -3.16. The van der Waals surface area contributed by atoms with E-state index in [0.717, 1.165) is 4.31 Å². The lowest BCUT2D eigenvalue weighted by Crippen LogP contribution is -2.41. The number of anilines is 1. The van der Waals surface area contributed by atoms with Gasteiger partial charge in [-0.1, -0.05) is 23.2 Å². The van der Waals surface area contributed by atoms with Crippen molar-refractivity contribution in [2.24, 2.45) is 0 Å². The zero-order valence-electron chi connectivity index (χ0n) is 19.1. The average molecular weight is 569 g/mol. The molecule has 2 aromatic heterocycles. The first-order valence-electron chi connectivity index (χ1n) is 10.9. The number of aliphatic hydroxyl groups is 2. The Morgan fingerprint density at radius 1 is 1.22 bits per heavy atom. The number of carbonyl (C=O) groups is 1. The summed E-state index contributed by atoms with van der Waals surface area (Å²) in [5, 5.41) is 35.7. The molecule has 0 saturated heterocycles. The highest BCUT2D eigenvalue weighted by atomic mass is 35.5. The number of rotatable bonds is 10. The van der Waals surface area contributed by atoms with Gasteiger partial charge in [-0.05, 0) is 42.5 Å². The largest absolute Gasteiger partial charge is 0.480 e. The SMILES string of the molecule is O=C(O)CN(c1ccc2c(ccn2-c2ccc(OCC(O)CO)nn2)c1)S(=O)(=O)C1C=C(Cl)C=C(Cl)C1. The number of hydrogen-bond acceptors (Lipinski definition) is 8. The van der Waals surface area contributed by atoms with Gasteiger partial charge in [0.2, 0.25) is 15.9 Å². The van der Waals surface area contributed by atoms with E-state index in [4.69, 9.17) is 33.0 Å². The Balaban J connectivity index is 1.63. The number of ether oxygens (including phenoxy) is 1. The maximum atomic E-state index is 13.4. The van der Waals surface area contributed by atoms with Crippen molar-refractivity contribution in [2.45, 2.75) is 17.8 Å². The summed E-state index contributed by atoms with van der Waals surface area (Å²) in [6, 6.07) is 9.64. The van der Waals surface area contributed by atoms with Gasteiger partial charge in [0.25, 0.3) is 0 Å². The molecule has 4 rings (SSSR count). The Morgan fingerprint density at radius 2 is 2.00 bits per heavy atom. The number of nitrogens with zero attached hydrogens (tertiary/aromatic N) is 4. The van der Waals surface area contributed by atoms with Crippen LogP contribution in [0.2, 0.25) is 0 Å². The highest BCUT2D eigenvalue weighted by molar-refractivity contribution is 7.93. The molecule has 2 heterocycles. The van der Waals surface area contributed by atoms with Crippen molar-refractivity contribution in [2.75, 3.05) is 24.1 Å². The summed E-state index contributed by atoms with van der Waals surface area (Å²) in [5.74, 6) is -0.717. The van der Waals surface area contributed by atoms with Crippen molar-refractivity contribution in [3.8, 4) is 11.7 Å². The lowest BCUT2D eigenvalue weighted by molar-refractivity contribution is -0.135. The molecule has 0 radical (unpaired) electrons. The minimum absolute atomic E-state index is 0.0216. The molecule has 3 aromatic rings. The van der Waals surface area contributed by atoms with Crippen LogP contribution >= 0.6 is 23.2 Å². The number of halogens is 2. The van der Waals surface area contributed by atoms with Crippen molar-refractivity contribution < 1.29 is 33.3 Å². The predicted molar refractivity (Wildman–Crippen MR) is 138 cm³/mol. The lowest BCUT2D eigenvalue weighted by Gasteiger charge is -2.28. The van der Waals surface area contributed by atoms with E-state index in [1.54, 1.807) is 41.1 Å². The van der Waals surface area contributed by atoms with E-state index < -0.39 is 40.5 Å². The van der Waals surface area contributed by atoms with Crippen LogP contribution in [0.25, 0.3) is 16.7 Å². The highest BCUT2D eigenvalue weighted by Gasteiger charge is 2.34. The fraction of sp³-hybridized carbons (Fsp3) is 0.261. The van der Waals surface area contributed by atoms with Crippen molar-refractivity contribution in [3.05, 3.63) is 64.8 Å². The quantitative estimate of drug-likeness (QED) is 0.334. The van der Waals surface area contributed by atoms with Crippen LogP contribution in [-0.4, -0.2) is 75.6 Å². The minimum Gasteiger partial charge on any atom is -0.480 e. The van der Waals surface area contributed by atoms with Gasteiger partial charge < -0.3 is 20.1 Å². The molecule has 37 heavy (non-hydrogen) atoms. The number of benzene rings is 1. The van der Waals surface area contributed by atoms with Gasteiger partial charge in [-0.15, -0.1) is 10.2 Å². The molecule has 0 amide bonds. The van der Waals surface area contributed by atoms with Gasteiger partial charge >= 0.3 is 5.97 Å². The number of sulfonamides is 1. The maximum Gasteiger partial charge on any atom is 0.324 e. The molecule has 2 unspecified atom stereocenters. The smallest absolute Gasteiger partial charge is 0.324 e. The number of carboxylic acid groups (broad SMARTS) is 1. The zero-order valence-corrected chi connectivity index (χ0v) is 21.4. The van der Waals surface area contributed by atoms with E-state index in [9.17, 15) is 23.4 Å². The van der Waals surface area contributed by atoms with Crippen LogP contribution in [0.1, 0.15) is 6.42 Å². The van der Waals surface area contributed by atoms with Gasteiger partial charge in [0.1, 0.15) is 24.5 Å². The Kier molecular flexibility index (Phi) is 8.05. The number of allylic oxidation sites excluding steroid dienone is 3. The molecular weight excluding hydrogens is 547 g/mol. The standard InChI is InChI=1S/C23H22Cl2N4O7S/c24-15-8-16(25)10-19(9-15)37(34,35)29(11-23(32)33)17-1-2-20-14(7-17)5-6-28(20)21-3-4-22(27-26-21)36-13-18(31)12-30/h1-9,18-19,30-31H,10-13H2,(H,32,33). The van der Waals surface area contributed by atoms with Gasteiger partial charge in [0.15, 0.2) is 5.82 Å². The third kappa shape index (κ3) is 6.05. The van der Waals surface area contributed by atoms with Gasteiger partial charge in [-0.25, -0.2) is 8.42 Å². The molecule has 0 spiro atoms. The normalized spacial score (nSPS) is 16.7. The van der Waals surface area contributed by atoms with Crippen molar-refractivity contribution in [3.63, 3.8) is 0 Å². The second-order valence-corrected chi connectivity index (χ2v) is 11.1. The Morgan fingerprint density at radius 3 is 2.65 bits per heavy atom. The summed E-state index contributed by atoms with van der Waals surface area (Å²) in [6.45, 7) is -1.36. The van der Waals surface area contributed by atoms with Crippen molar-refractivity contribution in [1.29, 1.82) is 0 Å². The summed E-state index contributed by atoms with van der Waals surface area (Å²) in [7, 11) is -4.18. The fourth-order valence-electron chi connectivity index (χ4n) is 3.73. The molecule has 2 atom stereocenters. The van der Waals surface area contributed by atoms with Crippen LogP contribution < -0.4 is 9.04 Å². The molecule has 0 fully saturated rings. The maximum absolute atomic E-state index is 13.4. The average Bonchev–Trinajstić information content (AvgIpc) is 3.28. The van der Waals surface area contributed by atoms with E-state index in [0.29, 0.717) is 16.7 Å². The highest BCUT2D eigenvalue weighted by Crippen LogP contribution is 2.32. The number of aromatic nitrogens is 3. The molecule has 3 N–H and O–H groups in total. The minimum atomic E-state index is -4.18. The molecule has 0 saturated carbocycles. The molecule has 196 valence electrons. The summed E-state index contributed by atoms with van der Waals surface area (Å²) >= 11 is 12.1. The topological polar surface area (TPSA) is 155 Å². The molecule has 1 aliphatic carbocycles. The van der Waals surface area contributed by atoms with Crippen molar-refractivity contribution >= 4 is 55.8 Å². The summed E-state index contributed by atoms with van der Waals surface area (Å²) in [5.41, 5.74) is 0.835. The molecule has 1 aromatic carbocycles. The second kappa shape index (κ2) is 11.1. The first-order valence-corrected chi connectivity index (χ1v) is 13.2. The van der Waals surface area contributed by atoms with Gasteiger partial charge in [-0.2, -0.15) is 0 Å². The zero-order chi connectivity index (χ0) is 26.7. The molecule has 14 heteroatoms. The lowest BCUT2D eigenvalue weighted by atomic mass is 10.2. The van der Waals surface area contributed by atoms with Crippen LogP contribution in [0.15, 0.2) is 64.8 Å². The first kappa shape index (κ1) is 26.9. The summed E-state index contributed by atoms with van der Waals surface area (Å²) in [6.07, 6.45) is 3.44. The van der Waals surface area contributed by atoms with Gasteiger partial charge in [-0.3, -0.25) is 13.7 Å². The van der Waals surface area contributed by atoms with E-state index in [1.807, 2.05) is 0 Å². The van der Waals surface area contributed by atoms with E-state index in [2.05, 4.69) is 10.2 Å². The molecule has 0 bridgehead atoms. The number of carboxylic acids is 1. The third-order valence-corrected chi connectivity index (χ3v) is 7.99.